The molecule has 18 heavy (non-hydrogen) atoms. The summed E-state index contributed by atoms with van der Waals surface area (Å²) in [5.74, 6) is 0. The summed E-state index contributed by atoms with van der Waals surface area (Å²) in [5, 5.41) is 1.35. The Balaban J connectivity index is 2.55. The zero-order valence-electron chi connectivity index (χ0n) is 10.2. The van der Waals surface area contributed by atoms with Gasteiger partial charge in [0.2, 0.25) is 0 Å². The maximum atomic E-state index is 6.41. The smallest absolute Gasteiger partial charge is 0.0531 e. The molecule has 0 bridgehead atoms. The Labute approximate surface area is 118 Å². The zero-order chi connectivity index (χ0) is 13.1. The number of halogens is 2. The average Bonchev–Trinajstić information content (AvgIpc) is 2.40. The van der Waals surface area contributed by atoms with E-state index in [0.717, 1.165) is 28.7 Å². The van der Waals surface area contributed by atoms with E-state index in [1.54, 1.807) is 0 Å². The zero-order valence-corrected chi connectivity index (χ0v) is 11.7. The van der Waals surface area contributed by atoms with Gasteiger partial charge in [0.15, 0.2) is 0 Å². The van der Waals surface area contributed by atoms with Gasteiger partial charge < -0.3 is 0 Å². The number of aryl methyl sites for hydroxylation is 1. The first kappa shape index (κ1) is 13.2. The summed E-state index contributed by atoms with van der Waals surface area (Å²) in [6.45, 7) is 6.20. The molecule has 0 saturated carbocycles. The van der Waals surface area contributed by atoms with Gasteiger partial charge in [0.25, 0.3) is 0 Å². The first-order chi connectivity index (χ1) is 8.65. The fourth-order valence-corrected chi connectivity index (χ4v) is 2.66. The molecule has 0 aromatic heterocycles. The van der Waals surface area contributed by atoms with Gasteiger partial charge in [-0.1, -0.05) is 73.1 Å². The van der Waals surface area contributed by atoms with Crippen LogP contribution in [0.25, 0.3) is 5.57 Å². The van der Waals surface area contributed by atoms with Crippen molar-refractivity contribution in [3.8, 4) is 0 Å². The van der Waals surface area contributed by atoms with E-state index in [1.807, 2.05) is 42.5 Å². The summed E-state index contributed by atoms with van der Waals surface area (Å²) in [4.78, 5) is 0. The van der Waals surface area contributed by atoms with E-state index in [0.29, 0.717) is 10.0 Å². The van der Waals surface area contributed by atoms with E-state index in [-0.39, 0.29) is 0 Å². The Bertz CT molecular complexity index is 571. The first-order valence-corrected chi connectivity index (χ1v) is 6.62. The second-order valence-electron chi connectivity index (χ2n) is 4.09. The van der Waals surface area contributed by atoms with E-state index in [1.165, 1.54) is 0 Å². The van der Waals surface area contributed by atoms with E-state index < -0.39 is 0 Å². The highest BCUT2D eigenvalue weighted by molar-refractivity contribution is 6.38. The Morgan fingerprint density at radius 1 is 1.06 bits per heavy atom. The van der Waals surface area contributed by atoms with Crippen molar-refractivity contribution in [2.45, 2.75) is 13.3 Å². The lowest BCUT2D eigenvalue weighted by molar-refractivity contribution is 1.14. The summed E-state index contributed by atoms with van der Waals surface area (Å²) in [7, 11) is 0. The summed E-state index contributed by atoms with van der Waals surface area (Å²) < 4.78 is 0. The molecule has 0 N–H and O–H groups in total. The van der Waals surface area contributed by atoms with Crippen LogP contribution in [0.3, 0.4) is 0 Å². The van der Waals surface area contributed by atoms with Crippen molar-refractivity contribution >= 4 is 28.8 Å². The van der Waals surface area contributed by atoms with Gasteiger partial charge in [-0.25, -0.2) is 0 Å². The molecule has 0 unspecified atom stereocenters. The molecule has 2 heteroatoms. The predicted octanol–water partition coefficient (Wildman–Crippen LogP) is 5.62. The monoisotopic (exact) mass is 276 g/mol. The van der Waals surface area contributed by atoms with Gasteiger partial charge in [-0.15, -0.1) is 0 Å². The highest BCUT2D eigenvalue weighted by Crippen LogP contribution is 2.36. The summed E-state index contributed by atoms with van der Waals surface area (Å²) in [5.41, 5.74) is 3.83. The van der Waals surface area contributed by atoms with Crippen LogP contribution in [0.15, 0.2) is 49.0 Å². The molecule has 0 aliphatic heterocycles. The van der Waals surface area contributed by atoms with Crippen LogP contribution in [0.2, 0.25) is 10.0 Å². The topological polar surface area (TPSA) is 0 Å². The molecule has 0 fully saturated rings. The molecule has 92 valence electrons. The van der Waals surface area contributed by atoms with Gasteiger partial charge in [-0.05, 0) is 29.2 Å². The molecule has 2 aromatic carbocycles. The number of rotatable bonds is 3. The lowest BCUT2D eigenvalue weighted by Crippen LogP contribution is -1.93. The maximum Gasteiger partial charge on any atom is 0.0531 e. The van der Waals surface area contributed by atoms with Gasteiger partial charge in [0, 0.05) is 10.6 Å². The third kappa shape index (κ3) is 2.45. The number of hydrogen-bond donors (Lipinski definition) is 0. The molecule has 0 aliphatic carbocycles. The Kier molecular flexibility index (Phi) is 4.11. The molecule has 0 saturated heterocycles. The van der Waals surface area contributed by atoms with Gasteiger partial charge in [-0.3, -0.25) is 0 Å². The van der Waals surface area contributed by atoms with Crippen LogP contribution >= 0.6 is 23.2 Å². The van der Waals surface area contributed by atoms with Crippen molar-refractivity contribution in [1.82, 2.24) is 0 Å². The van der Waals surface area contributed by atoms with Crippen LogP contribution < -0.4 is 0 Å². The molecule has 0 radical (unpaired) electrons. The average molecular weight is 277 g/mol. The fourth-order valence-electron chi connectivity index (χ4n) is 1.93. The van der Waals surface area contributed by atoms with Crippen molar-refractivity contribution < 1.29 is 0 Å². The van der Waals surface area contributed by atoms with E-state index in [4.69, 9.17) is 23.2 Å². The Morgan fingerprint density at radius 3 is 2.33 bits per heavy atom. The molecule has 0 spiro atoms. The van der Waals surface area contributed by atoms with Crippen LogP contribution in [-0.4, -0.2) is 0 Å². The third-order valence-corrected chi connectivity index (χ3v) is 3.72. The minimum Gasteiger partial charge on any atom is -0.0904 e. The molecule has 0 nitrogen and oxygen atoms in total. The standard InChI is InChI=1S/C16H14Cl2/c1-3-12-9-10-14(17)15(16(12)18)11(2)13-7-5-4-6-8-13/h4-10H,2-3H2,1H3. The molecular formula is C16H14Cl2. The predicted molar refractivity (Wildman–Crippen MR) is 80.4 cm³/mol. The van der Waals surface area contributed by atoms with Gasteiger partial charge in [0.1, 0.15) is 0 Å². The van der Waals surface area contributed by atoms with Crippen molar-refractivity contribution in [2.24, 2.45) is 0 Å². The van der Waals surface area contributed by atoms with Crippen LogP contribution in [0.1, 0.15) is 23.6 Å². The highest BCUT2D eigenvalue weighted by Gasteiger charge is 2.13. The SMILES string of the molecule is C=C(c1ccccc1)c1c(Cl)ccc(CC)c1Cl. The van der Waals surface area contributed by atoms with Crippen molar-refractivity contribution in [2.75, 3.05) is 0 Å². The van der Waals surface area contributed by atoms with Crippen molar-refractivity contribution in [1.29, 1.82) is 0 Å². The van der Waals surface area contributed by atoms with Gasteiger partial charge >= 0.3 is 0 Å². The second kappa shape index (κ2) is 5.60. The van der Waals surface area contributed by atoms with Gasteiger partial charge in [0.05, 0.1) is 5.02 Å². The molecule has 0 aliphatic rings. The molecule has 0 atom stereocenters. The lowest BCUT2D eigenvalue weighted by atomic mass is 9.97. The van der Waals surface area contributed by atoms with Gasteiger partial charge in [-0.2, -0.15) is 0 Å². The number of benzene rings is 2. The normalized spacial score (nSPS) is 10.4. The molecule has 2 aromatic rings. The molecular weight excluding hydrogens is 263 g/mol. The van der Waals surface area contributed by atoms with Crippen LogP contribution in [0, 0.1) is 0 Å². The van der Waals surface area contributed by atoms with E-state index in [9.17, 15) is 0 Å². The van der Waals surface area contributed by atoms with Crippen LogP contribution in [0.5, 0.6) is 0 Å². The highest BCUT2D eigenvalue weighted by atomic mass is 35.5. The minimum absolute atomic E-state index is 0.644. The van der Waals surface area contributed by atoms with Crippen molar-refractivity contribution in [3.63, 3.8) is 0 Å². The van der Waals surface area contributed by atoms with Crippen LogP contribution in [0.4, 0.5) is 0 Å². The summed E-state index contributed by atoms with van der Waals surface area (Å²) in [6.07, 6.45) is 0.880. The lowest BCUT2D eigenvalue weighted by Gasteiger charge is -2.13. The molecule has 0 amide bonds. The summed E-state index contributed by atoms with van der Waals surface area (Å²) >= 11 is 12.7. The van der Waals surface area contributed by atoms with Crippen molar-refractivity contribution in [3.05, 3.63) is 75.8 Å². The maximum absolute atomic E-state index is 6.41. The fraction of sp³-hybridized carbons (Fsp3) is 0.125. The number of hydrogen-bond acceptors (Lipinski definition) is 0. The first-order valence-electron chi connectivity index (χ1n) is 5.86. The second-order valence-corrected chi connectivity index (χ2v) is 4.88. The Hall–Kier alpha value is -1.24. The third-order valence-electron chi connectivity index (χ3n) is 2.98. The largest absolute Gasteiger partial charge is 0.0904 e. The molecule has 2 rings (SSSR count). The molecule has 0 heterocycles. The summed E-state index contributed by atoms with van der Waals surface area (Å²) in [6, 6.07) is 13.8. The quantitative estimate of drug-likeness (QED) is 0.683. The Morgan fingerprint density at radius 2 is 1.72 bits per heavy atom. The van der Waals surface area contributed by atoms with E-state index >= 15 is 0 Å². The van der Waals surface area contributed by atoms with Crippen LogP contribution in [-0.2, 0) is 6.42 Å². The minimum atomic E-state index is 0.644. The van der Waals surface area contributed by atoms with E-state index in [2.05, 4.69) is 13.5 Å².